The smallest absolute Gasteiger partial charge is 0.258 e. The normalized spacial score (nSPS) is 17.3. The Kier molecular flexibility index (Phi) is 4.93. The summed E-state index contributed by atoms with van der Waals surface area (Å²) < 4.78 is 5.16. The van der Waals surface area contributed by atoms with Crippen LogP contribution in [0.4, 0.5) is 0 Å². The number of carbonyl (C=O) groups is 1. The number of rotatable bonds is 3. The number of hydrogen-bond acceptors (Lipinski definition) is 5. The molecule has 0 spiro atoms. The number of halogens is 1. The van der Waals surface area contributed by atoms with Crippen molar-refractivity contribution >= 4 is 18.3 Å². The molecule has 1 aromatic heterocycles. The van der Waals surface area contributed by atoms with Gasteiger partial charge < -0.3 is 15.2 Å². The fraction of sp³-hybridized carbons (Fsp3) is 0.357. The van der Waals surface area contributed by atoms with Gasteiger partial charge in [0.2, 0.25) is 0 Å². The largest absolute Gasteiger partial charge is 0.348 e. The predicted octanol–water partition coefficient (Wildman–Crippen LogP) is 1.56. The molecule has 112 valence electrons. The number of aromatic nitrogens is 2. The standard InChI is InChI=1S/C14H16N4O2.ClH/c1-9-16-14(20-18-9)12-5-3-2-4-11(12)13(19)17-10-6-7-15-8-10;/h2-5,10,15H,6-8H2,1H3,(H,17,19);1H. The van der Waals surface area contributed by atoms with Crippen LogP contribution in [0.15, 0.2) is 28.8 Å². The van der Waals surface area contributed by atoms with Gasteiger partial charge >= 0.3 is 0 Å². The number of nitrogens with one attached hydrogen (secondary N) is 2. The number of benzene rings is 1. The first-order valence-electron chi connectivity index (χ1n) is 6.65. The van der Waals surface area contributed by atoms with E-state index in [1.807, 2.05) is 18.2 Å². The first kappa shape index (κ1) is 15.5. The van der Waals surface area contributed by atoms with E-state index in [2.05, 4.69) is 20.8 Å². The van der Waals surface area contributed by atoms with Crippen LogP contribution in [-0.2, 0) is 0 Å². The molecule has 0 aliphatic carbocycles. The third-order valence-corrected chi connectivity index (χ3v) is 3.33. The third-order valence-electron chi connectivity index (χ3n) is 3.33. The molecule has 2 aromatic rings. The second kappa shape index (κ2) is 6.69. The van der Waals surface area contributed by atoms with Crippen molar-refractivity contribution in [2.45, 2.75) is 19.4 Å². The van der Waals surface area contributed by atoms with E-state index in [0.29, 0.717) is 22.8 Å². The highest BCUT2D eigenvalue weighted by Crippen LogP contribution is 2.22. The molecule has 3 rings (SSSR count). The molecule has 2 N–H and O–H groups in total. The maximum Gasteiger partial charge on any atom is 0.258 e. The van der Waals surface area contributed by atoms with Gasteiger partial charge in [0.1, 0.15) is 0 Å². The molecular formula is C14H17ClN4O2. The Balaban J connectivity index is 0.00000161. The Hall–Kier alpha value is -1.92. The third kappa shape index (κ3) is 3.40. The van der Waals surface area contributed by atoms with Crippen LogP contribution in [0.3, 0.4) is 0 Å². The maximum absolute atomic E-state index is 12.4. The van der Waals surface area contributed by atoms with E-state index in [1.54, 1.807) is 13.0 Å². The first-order chi connectivity index (χ1) is 9.74. The van der Waals surface area contributed by atoms with Gasteiger partial charge in [-0.3, -0.25) is 4.79 Å². The summed E-state index contributed by atoms with van der Waals surface area (Å²) in [4.78, 5) is 16.6. The minimum atomic E-state index is -0.106. The lowest BCUT2D eigenvalue weighted by atomic mass is 10.1. The van der Waals surface area contributed by atoms with Crippen LogP contribution in [-0.4, -0.2) is 35.2 Å². The van der Waals surface area contributed by atoms with Crippen molar-refractivity contribution in [1.29, 1.82) is 0 Å². The number of hydrogen-bond donors (Lipinski definition) is 2. The quantitative estimate of drug-likeness (QED) is 0.899. The molecule has 1 fully saturated rings. The van der Waals surface area contributed by atoms with Crippen molar-refractivity contribution < 1.29 is 9.32 Å². The molecule has 1 aliphatic heterocycles. The van der Waals surface area contributed by atoms with Crippen LogP contribution in [0.2, 0.25) is 0 Å². The lowest BCUT2D eigenvalue weighted by molar-refractivity contribution is 0.0940. The molecule has 0 saturated carbocycles. The molecule has 0 radical (unpaired) electrons. The van der Waals surface area contributed by atoms with Crippen LogP contribution >= 0.6 is 12.4 Å². The van der Waals surface area contributed by atoms with E-state index in [1.165, 1.54) is 0 Å². The van der Waals surface area contributed by atoms with Gasteiger partial charge in [-0.25, -0.2) is 0 Å². The van der Waals surface area contributed by atoms with Gasteiger partial charge in [-0.05, 0) is 32.0 Å². The summed E-state index contributed by atoms with van der Waals surface area (Å²) in [5.74, 6) is 0.818. The molecule has 0 bridgehead atoms. The van der Waals surface area contributed by atoms with Crippen molar-refractivity contribution in [3.8, 4) is 11.5 Å². The van der Waals surface area contributed by atoms with E-state index < -0.39 is 0 Å². The Morgan fingerprint density at radius 1 is 1.43 bits per heavy atom. The van der Waals surface area contributed by atoms with Crippen LogP contribution < -0.4 is 10.6 Å². The van der Waals surface area contributed by atoms with Crippen molar-refractivity contribution in [1.82, 2.24) is 20.8 Å². The average molecular weight is 309 g/mol. The van der Waals surface area contributed by atoms with Gasteiger partial charge in [-0.2, -0.15) is 4.98 Å². The maximum atomic E-state index is 12.4. The number of aryl methyl sites for hydroxylation is 1. The predicted molar refractivity (Wildman–Crippen MR) is 80.5 cm³/mol. The number of amides is 1. The van der Waals surface area contributed by atoms with Crippen LogP contribution in [0, 0.1) is 6.92 Å². The van der Waals surface area contributed by atoms with E-state index in [-0.39, 0.29) is 24.4 Å². The highest BCUT2D eigenvalue weighted by Gasteiger charge is 2.21. The van der Waals surface area contributed by atoms with E-state index in [9.17, 15) is 4.79 Å². The molecular weight excluding hydrogens is 292 g/mol. The highest BCUT2D eigenvalue weighted by molar-refractivity contribution is 6.00. The fourth-order valence-corrected chi connectivity index (χ4v) is 2.32. The summed E-state index contributed by atoms with van der Waals surface area (Å²) in [5.41, 5.74) is 1.22. The highest BCUT2D eigenvalue weighted by atomic mass is 35.5. The van der Waals surface area contributed by atoms with Gasteiger partial charge in [0.25, 0.3) is 11.8 Å². The van der Waals surface area contributed by atoms with Crippen LogP contribution in [0.25, 0.3) is 11.5 Å². The van der Waals surface area contributed by atoms with E-state index >= 15 is 0 Å². The summed E-state index contributed by atoms with van der Waals surface area (Å²) in [7, 11) is 0. The second-order valence-electron chi connectivity index (χ2n) is 4.86. The SMILES string of the molecule is Cc1noc(-c2ccccc2C(=O)NC2CCNC2)n1.Cl. The molecule has 1 saturated heterocycles. The van der Waals surface area contributed by atoms with Gasteiger partial charge in [0, 0.05) is 12.6 Å². The Morgan fingerprint density at radius 3 is 2.90 bits per heavy atom. The Bertz CT molecular complexity index is 623. The van der Waals surface area contributed by atoms with Crippen LogP contribution in [0.5, 0.6) is 0 Å². The summed E-state index contributed by atoms with van der Waals surface area (Å²) in [6, 6.07) is 7.44. The van der Waals surface area contributed by atoms with Gasteiger partial charge in [-0.15, -0.1) is 12.4 Å². The van der Waals surface area contributed by atoms with Crippen molar-refractivity contribution in [3.63, 3.8) is 0 Å². The van der Waals surface area contributed by atoms with Gasteiger partial charge in [-0.1, -0.05) is 17.3 Å². The van der Waals surface area contributed by atoms with Gasteiger partial charge in [0.15, 0.2) is 5.82 Å². The molecule has 1 unspecified atom stereocenters. The molecule has 6 nitrogen and oxygen atoms in total. The summed E-state index contributed by atoms with van der Waals surface area (Å²) >= 11 is 0. The van der Waals surface area contributed by atoms with E-state index in [0.717, 1.165) is 19.5 Å². The zero-order chi connectivity index (χ0) is 13.9. The lowest BCUT2D eigenvalue weighted by Crippen LogP contribution is -2.36. The minimum absolute atomic E-state index is 0. The van der Waals surface area contributed by atoms with Crippen molar-refractivity contribution in [2.24, 2.45) is 0 Å². The first-order valence-corrected chi connectivity index (χ1v) is 6.65. The molecule has 1 aliphatic rings. The molecule has 1 amide bonds. The molecule has 7 heteroatoms. The topological polar surface area (TPSA) is 80.0 Å². The molecule has 2 heterocycles. The summed E-state index contributed by atoms with van der Waals surface area (Å²) in [5, 5.41) is 10.0. The summed E-state index contributed by atoms with van der Waals surface area (Å²) in [6.07, 6.45) is 0.952. The monoisotopic (exact) mass is 308 g/mol. The second-order valence-corrected chi connectivity index (χ2v) is 4.86. The number of nitrogens with zero attached hydrogens (tertiary/aromatic N) is 2. The van der Waals surface area contributed by atoms with Gasteiger partial charge in [0.05, 0.1) is 11.1 Å². The average Bonchev–Trinajstić information content (AvgIpc) is 3.10. The number of carbonyl (C=O) groups excluding carboxylic acids is 1. The lowest BCUT2D eigenvalue weighted by Gasteiger charge is -2.12. The minimum Gasteiger partial charge on any atom is -0.348 e. The summed E-state index contributed by atoms with van der Waals surface area (Å²) in [6.45, 7) is 3.50. The Morgan fingerprint density at radius 2 is 2.24 bits per heavy atom. The fourth-order valence-electron chi connectivity index (χ4n) is 2.32. The molecule has 1 atom stereocenters. The van der Waals surface area contributed by atoms with Crippen LogP contribution in [0.1, 0.15) is 22.6 Å². The molecule has 1 aromatic carbocycles. The Labute approximate surface area is 128 Å². The zero-order valence-corrected chi connectivity index (χ0v) is 12.4. The molecule has 21 heavy (non-hydrogen) atoms. The van der Waals surface area contributed by atoms with Crippen molar-refractivity contribution in [3.05, 3.63) is 35.7 Å². The van der Waals surface area contributed by atoms with E-state index in [4.69, 9.17) is 4.52 Å². The van der Waals surface area contributed by atoms with Crippen molar-refractivity contribution in [2.75, 3.05) is 13.1 Å². The zero-order valence-electron chi connectivity index (χ0n) is 11.6.